The topological polar surface area (TPSA) is 111 Å². The number of primary amides is 1. The number of anilines is 1. The van der Waals surface area contributed by atoms with Gasteiger partial charge in [0.25, 0.3) is 5.91 Å². The van der Waals surface area contributed by atoms with E-state index in [0.29, 0.717) is 17.0 Å². The summed E-state index contributed by atoms with van der Waals surface area (Å²) in [6.07, 6.45) is -3.20. The van der Waals surface area contributed by atoms with Crippen molar-refractivity contribution in [2.45, 2.75) is 13.1 Å². The molecule has 26 heavy (non-hydrogen) atoms. The Kier molecular flexibility index (Phi) is 4.15. The number of aromatic nitrogens is 3. The van der Waals surface area contributed by atoms with E-state index in [2.05, 4.69) is 15.0 Å². The number of nitrogens with one attached hydrogen (secondary N) is 1. The SMILES string of the molecule is Cc1ccc(C(F)(F)F)c(-c2[nH]c(-c3ccnc(N)n3)cc2C(N)=O)c1. The fourth-order valence-corrected chi connectivity index (χ4v) is 2.64. The first-order valence-corrected chi connectivity index (χ1v) is 7.46. The highest BCUT2D eigenvalue weighted by Gasteiger charge is 2.35. The maximum absolute atomic E-state index is 13.4. The average molecular weight is 361 g/mol. The van der Waals surface area contributed by atoms with E-state index >= 15 is 0 Å². The number of aromatic amines is 1. The quantitative estimate of drug-likeness (QED) is 0.665. The van der Waals surface area contributed by atoms with Crippen molar-refractivity contribution in [1.82, 2.24) is 15.0 Å². The number of halogens is 3. The van der Waals surface area contributed by atoms with Gasteiger partial charge in [0, 0.05) is 11.8 Å². The second-order valence-electron chi connectivity index (χ2n) is 5.68. The van der Waals surface area contributed by atoms with Crippen molar-refractivity contribution < 1.29 is 18.0 Å². The predicted molar refractivity (Wildman–Crippen MR) is 89.9 cm³/mol. The number of nitrogens with two attached hydrogens (primary N) is 2. The fourth-order valence-electron chi connectivity index (χ4n) is 2.64. The van der Waals surface area contributed by atoms with Crippen molar-refractivity contribution in [3.05, 3.63) is 53.2 Å². The van der Waals surface area contributed by atoms with Crippen LogP contribution in [0.15, 0.2) is 36.5 Å². The molecule has 0 saturated heterocycles. The van der Waals surface area contributed by atoms with Crippen LogP contribution in [-0.4, -0.2) is 20.9 Å². The summed E-state index contributed by atoms with van der Waals surface area (Å²) in [6, 6.07) is 6.53. The smallest absolute Gasteiger partial charge is 0.368 e. The normalized spacial score (nSPS) is 11.5. The van der Waals surface area contributed by atoms with E-state index in [1.54, 1.807) is 6.92 Å². The molecule has 0 unspecified atom stereocenters. The zero-order chi connectivity index (χ0) is 19.1. The van der Waals surface area contributed by atoms with Crippen molar-refractivity contribution in [2.24, 2.45) is 5.73 Å². The third-order valence-electron chi connectivity index (χ3n) is 3.78. The number of amides is 1. The number of hydrogen-bond donors (Lipinski definition) is 3. The third-order valence-corrected chi connectivity index (χ3v) is 3.78. The van der Waals surface area contributed by atoms with Gasteiger partial charge >= 0.3 is 6.18 Å². The number of benzene rings is 1. The van der Waals surface area contributed by atoms with Crippen LogP contribution in [0.1, 0.15) is 21.5 Å². The van der Waals surface area contributed by atoms with Crippen molar-refractivity contribution in [3.8, 4) is 22.6 Å². The first-order valence-electron chi connectivity index (χ1n) is 7.46. The van der Waals surface area contributed by atoms with E-state index in [-0.39, 0.29) is 22.8 Å². The second-order valence-corrected chi connectivity index (χ2v) is 5.68. The maximum atomic E-state index is 13.4. The van der Waals surface area contributed by atoms with Crippen LogP contribution in [0.5, 0.6) is 0 Å². The molecule has 0 aliphatic carbocycles. The molecule has 0 fully saturated rings. The molecular formula is C17H14F3N5O. The summed E-state index contributed by atoms with van der Waals surface area (Å²) in [7, 11) is 0. The van der Waals surface area contributed by atoms with Gasteiger partial charge in [-0.25, -0.2) is 9.97 Å². The highest BCUT2D eigenvalue weighted by molar-refractivity contribution is 6.01. The molecule has 1 amide bonds. The molecule has 0 aliphatic heterocycles. The van der Waals surface area contributed by atoms with Crippen LogP contribution in [0.25, 0.3) is 22.6 Å². The molecule has 0 bridgehead atoms. The van der Waals surface area contributed by atoms with Gasteiger partial charge in [0.15, 0.2) is 0 Å². The molecule has 6 nitrogen and oxygen atoms in total. The Labute approximate surface area is 146 Å². The van der Waals surface area contributed by atoms with Gasteiger partial charge in [0.05, 0.1) is 28.2 Å². The molecule has 3 rings (SSSR count). The molecular weight excluding hydrogens is 347 g/mol. The minimum absolute atomic E-state index is 0.00851. The first-order chi connectivity index (χ1) is 12.2. The van der Waals surface area contributed by atoms with Crippen LogP contribution < -0.4 is 11.5 Å². The number of carbonyl (C=O) groups excluding carboxylic acids is 1. The lowest BCUT2D eigenvalue weighted by Crippen LogP contribution is -2.13. The molecule has 0 aliphatic rings. The summed E-state index contributed by atoms with van der Waals surface area (Å²) in [6.45, 7) is 1.66. The summed E-state index contributed by atoms with van der Waals surface area (Å²) in [5, 5.41) is 0. The van der Waals surface area contributed by atoms with Gasteiger partial charge in [-0.1, -0.05) is 11.6 Å². The lowest BCUT2D eigenvalue weighted by molar-refractivity contribution is -0.137. The van der Waals surface area contributed by atoms with Gasteiger partial charge in [-0.2, -0.15) is 13.2 Å². The summed E-state index contributed by atoms with van der Waals surface area (Å²) in [5.74, 6) is -0.870. The molecule has 0 spiro atoms. The minimum Gasteiger partial charge on any atom is -0.368 e. The summed E-state index contributed by atoms with van der Waals surface area (Å²) in [5.41, 5.74) is 11.0. The maximum Gasteiger partial charge on any atom is 0.417 e. The van der Waals surface area contributed by atoms with Crippen LogP contribution in [0.3, 0.4) is 0 Å². The molecule has 1 aromatic carbocycles. The molecule has 2 heterocycles. The number of H-pyrrole nitrogens is 1. The van der Waals surface area contributed by atoms with Crippen LogP contribution in [0.4, 0.5) is 19.1 Å². The van der Waals surface area contributed by atoms with Gasteiger partial charge in [-0.15, -0.1) is 0 Å². The largest absolute Gasteiger partial charge is 0.417 e. The Morgan fingerprint density at radius 1 is 1.19 bits per heavy atom. The Balaban J connectivity index is 2.26. The van der Waals surface area contributed by atoms with E-state index in [1.807, 2.05) is 0 Å². The third kappa shape index (κ3) is 3.23. The van der Waals surface area contributed by atoms with Crippen molar-refractivity contribution in [1.29, 1.82) is 0 Å². The molecule has 3 aromatic rings. The number of nitrogen functional groups attached to an aromatic ring is 1. The Bertz CT molecular complexity index is 994. The molecule has 5 N–H and O–H groups in total. The number of hydrogen-bond acceptors (Lipinski definition) is 4. The molecule has 134 valence electrons. The van der Waals surface area contributed by atoms with Gasteiger partial charge in [0.2, 0.25) is 5.95 Å². The number of carbonyl (C=O) groups is 1. The fraction of sp³-hybridized carbons (Fsp3) is 0.118. The van der Waals surface area contributed by atoms with E-state index in [1.165, 1.54) is 30.5 Å². The van der Waals surface area contributed by atoms with Crippen LogP contribution >= 0.6 is 0 Å². The van der Waals surface area contributed by atoms with E-state index in [0.717, 1.165) is 6.07 Å². The standard InChI is InChI=1S/C17H14F3N5O/c1-8-2-3-11(17(18,19)20)9(6-8)14-10(15(21)26)7-13(24-14)12-4-5-23-16(22)25-12/h2-7,24H,1H3,(H2,21,26)(H2,22,23,25). The number of alkyl halides is 3. The highest BCUT2D eigenvalue weighted by Crippen LogP contribution is 2.39. The van der Waals surface area contributed by atoms with Crippen molar-refractivity contribution >= 4 is 11.9 Å². The van der Waals surface area contributed by atoms with Crippen LogP contribution in [0.2, 0.25) is 0 Å². The number of nitrogens with zero attached hydrogens (tertiary/aromatic N) is 2. The lowest BCUT2D eigenvalue weighted by atomic mass is 9.99. The summed E-state index contributed by atoms with van der Waals surface area (Å²) >= 11 is 0. The average Bonchev–Trinajstić information content (AvgIpc) is 2.99. The summed E-state index contributed by atoms with van der Waals surface area (Å²) in [4.78, 5) is 22.4. The Hall–Kier alpha value is -3.36. The van der Waals surface area contributed by atoms with Gasteiger partial charge in [0.1, 0.15) is 0 Å². The molecule has 0 radical (unpaired) electrons. The van der Waals surface area contributed by atoms with E-state index < -0.39 is 17.6 Å². The predicted octanol–water partition coefficient (Wildman–Crippen LogP) is 3.15. The second kappa shape index (κ2) is 6.17. The zero-order valence-corrected chi connectivity index (χ0v) is 13.6. The first kappa shape index (κ1) is 17.5. The highest BCUT2D eigenvalue weighted by atomic mass is 19.4. The molecule has 0 saturated carbocycles. The Morgan fingerprint density at radius 3 is 2.54 bits per heavy atom. The lowest BCUT2D eigenvalue weighted by Gasteiger charge is -2.13. The number of rotatable bonds is 3. The Morgan fingerprint density at radius 2 is 1.92 bits per heavy atom. The summed E-state index contributed by atoms with van der Waals surface area (Å²) < 4.78 is 40.2. The monoisotopic (exact) mass is 361 g/mol. The van der Waals surface area contributed by atoms with E-state index in [4.69, 9.17) is 11.5 Å². The molecule has 2 aromatic heterocycles. The molecule has 0 atom stereocenters. The van der Waals surface area contributed by atoms with Gasteiger partial charge in [-0.05, 0) is 31.2 Å². The minimum atomic E-state index is -4.59. The van der Waals surface area contributed by atoms with Crippen molar-refractivity contribution in [3.63, 3.8) is 0 Å². The van der Waals surface area contributed by atoms with Gasteiger partial charge in [-0.3, -0.25) is 4.79 Å². The number of aryl methyl sites for hydroxylation is 1. The van der Waals surface area contributed by atoms with Crippen LogP contribution in [-0.2, 0) is 6.18 Å². The zero-order valence-electron chi connectivity index (χ0n) is 13.6. The molecule has 9 heteroatoms. The van der Waals surface area contributed by atoms with Gasteiger partial charge < -0.3 is 16.5 Å². The van der Waals surface area contributed by atoms with Crippen LogP contribution in [0, 0.1) is 6.92 Å². The van der Waals surface area contributed by atoms with E-state index in [9.17, 15) is 18.0 Å². The van der Waals surface area contributed by atoms with Crippen molar-refractivity contribution in [2.75, 3.05) is 5.73 Å².